The van der Waals surface area contributed by atoms with E-state index in [0.29, 0.717) is 49.7 Å². The molecule has 9 nitrogen and oxygen atoms in total. The van der Waals surface area contributed by atoms with Gasteiger partial charge < -0.3 is 19.1 Å². The number of aromatic nitrogens is 3. The Bertz CT molecular complexity index is 1010. The lowest BCUT2D eigenvalue weighted by Crippen LogP contribution is -2.25. The number of pyridine rings is 1. The van der Waals surface area contributed by atoms with Gasteiger partial charge in [0.05, 0.1) is 25.0 Å². The highest BCUT2D eigenvalue weighted by molar-refractivity contribution is 6.00. The van der Waals surface area contributed by atoms with Crippen LogP contribution >= 0.6 is 0 Å². The van der Waals surface area contributed by atoms with Crippen LogP contribution in [0.1, 0.15) is 70.2 Å². The summed E-state index contributed by atoms with van der Waals surface area (Å²) in [5.41, 5.74) is 4.30. The van der Waals surface area contributed by atoms with Gasteiger partial charge in [-0.25, -0.2) is 0 Å². The van der Waals surface area contributed by atoms with Crippen LogP contribution in [0.2, 0.25) is 0 Å². The van der Waals surface area contributed by atoms with E-state index in [9.17, 15) is 0 Å². The van der Waals surface area contributed by atoms with E-state index in [-0.39, 0.29) is 5.41 Å². The fraction of sp³-hybridized carbons (Fsp3) is 0.560. The van der Waals surface area contributed by atoms with Crippen molar-refractivity contribution in [2.45, 2.75) is 60.8 Å². The minimum Gasteiger partial charge on any atom is -0.478 e. The standard InChI is InChI=1S/C25H35N5O4/c1-7-31-21-14-22(32-8-2)28-24(27-21)18(4)29-33-15-25(5,6)16-34-30-20-11-9-10-19-13-12-17(3)26-23(19)20/h12-14H,7-11,15-16H2,1-6H3. The molecule has 34 heavy (non-hydrogen) atoms. The highest BCUT2D eigenvalue weighted by Gasteiger charge is 2.22. The summed E-state index contributed by atoms with van der Waals surface area (Å²) in [4.78, 5) is 24.7. The molecular weight excluding hydrogens is 434 g/mol. The predicted molar refractivity (Wildman–Crippen MR) is 131 cm³/mol. The molecule has 0 N–H and O–H groups in total. The summed E-state index contributed by atoms with van der Waals surface area (Å²) in [5.74, 6) is 1.27. The predicted octanol–water partition coefficient (Wildman–Crippen LogP) is 4.50. The molecule has 0 aliphatic heterocycles. The molecule has 1 aliphatic rings. The number of rotatable bonds is 11. The Morgan fingerprint density at radius 2 is 1.65 bits per heavy atom. The molecule has 2 aromatic rings. The molecule has 0 unspecified atom stereocenters. The maximum absolute atomic E-state index is 5.72. The van der Waals surface area contributed by atoms with Gasteiger partial charge in [0, 0.05) is 11.1 Å². The number of hydrogen-bond acceptors (Lipinski definition) is 9. The van der Waals surface area contributed by atoms with E-state index in [1.54, 1.807) is 13.0 Å². The van der Waals surface area contributed by atoms with Crippen LogP contribution in [0.25, 0.3) is 0 Å². The topological polar surface area (TPSA) is 100 Å². The molecule has 1 aliphatic carbocycles. The normalized spacial score (nSPS) is 15.1. The van der Waals surface area contributed by atoms with E-state index in [4.69, 9.17) is 19.1 Å². The maximum atomic E-state index is 5.72. The molecule has 0 aromatic carbocycles. The van der Waals surface area contributed by atoms with Crippen molar-refractivity contribution in [3.63, 3.8) is 0 Å². The molecule has 0 spiro atoms. The van der Waals surface area contributed by atoms with E-state index in [2.05, 4.69) is 31.3 Å². The molecular formula is C25H35N5O4. The lowest BCUT2D eigenvalue weighted by Gasteiger charge is -2.22. The van der Waals surface area contributed by atoms with Crippen molar-refractivity contribution in [1.82, 2.24) is 15.0 Å². The zero-order chi connectivity index (χ0) is 24.6. The third-order valence-electron chi connectivity index (χ3n) is 5.13. The second-order valence-corrected chi connectivity index (χ2v) is 8.97. The van der Waals surface area contributed by atoms with Crippen LogP contribution in [0, 0.1) is 12.3 Å². The van der Waals surface area contributed by atoms with E-state index in [0.717, 1.165) is 36.4 Å². The summed E-state index contributed by atoms with van der Waals surface area (Å²) in [6, 6.07) is 5.84. The SMILES string of the molecule is CCOc1cc(OCC)nc(C(C)=NOCC(C)(C)CON=C2CCCc3ccc(C)nc32)n1. The first-order chi connectivity index (χ1) is 16.3. The molecule has 0 atom stereocenters. The Labute approximate surface area is 201 Å². The van der Waals surface area contributed by atoms with Gasteiger partial charge >= 0.3 is 0 Å². The lowest BCUT2D eigenvalue weighted by molar-refractivity contribution is -0.000181. The largest absolute Gasteiger partial charge is 0.478 e. The average Bonchev–Trinajstić information content (AvgIpc) is 2.79. The highest BCUT2D eigenvalue weighted by Crippen LogP contribution is 2.22. The quantitative estimate of drug-likeness (QED) is 0.353. The Morgan fingerprint density at radius 3 is 2.32 bits per heavy atom. The lowest BCUT2D eigenvalue weighted by atomic mass is 9.94. The Kier molecular flexibility index (Phi) is 8.79. The third-order valence-corrected chi connectivity index (χ3v) is 5.13. The minimum absolute atomic E-state index is 0.310. The summed E-state index contributed by atoms with van der Waals surface area (Å²) in [6.07, 6.45) is 2.95. The van der Waals surface area contributed by atoms with Crippen LogP contribution < -0.4 is 9.47 Å². The average molecular weight is 470 g/mol. The fourth-order valence-corrected chi connectivity index (χ4v) is 3.37. The van der Waals surface area contributed by atoms with Gasteiger partial charge in [-0.1, -0.05) is 30.2 Å². The van der Waals surface area contributed by atoms with Crippen molar-refractivity contribution in [2.24, 2.45) is 15.7 Å². The van der Waals surface area contributed by atoms with Gasteiger partial charge in [0.15, 0.2) is 5.82 Å². The van der Waals surface area contributed by atoms with E-state index in [1.807, 2.05) is 40.7 Å². The second kappa shape index (κ2) is 11.8. The van der Waals surface area contributed by atoms with Crippen LogP contribution in [0.4, 0.5) is 0 Å². The number of oxime groups is 2. The molecule has 0 radical (unpaired) electrons. The molecule has 0 bridgehead atoms. The minimum atomic E-state index is -0.310. The molecule has 2 aromatic heterocycles. The Balaban J connectivity index is 1.58. The number of aryl methyl sites for hydroxylation is 2. The number of fused-ring (bicyclic) bond motifs is 1. The Hall–Kier alpha value is -3.23. The molecule has 0 saturated carbocycles. The summed E-state index contributed by atoms with van der Waals surface area (Å²) in [5, 5.41) is 8.61. The van der Waals surface area contributed by atoms with E-state index in [1.165, 1.54) is 5.56 Å². The van der Waals surface area contributed by atoms with E-state index >= 15 is 0 Å². The van der Waals surface area contributed by atoms with Crippen molar-refractivity contribution in [3.05, 3.63) is 41.0 Å². The molecule has 184 valence electrons. The molecule has 0 amide bonds. The van der Waals surface area contributed by atoms with Crippen LogP contribution in [0.15, 0.2) is 28.5 Å². The van der Waals surface area contributed by atoms with Gasteiger partial charge in [0.1, 0.15) is 24.6 Å². The summed E-state index contributed by atoms with van der Waals surface area (Å²) < 4.78 is 11.0. The smallest absolute Gasteiger partial charge is 0.220 e. The summed E-state index contributed by atoms with van der Waals surface area (Å²) >= 11 is 0. The van der Waals surface area contributed by atoms with Crippen molar-refractivity contribution in [2.75, 3.05) is 26.4 Å². The van der Waals surface area contributed by atoms with Gasteiger partial charge in [0.2, 0.25) is 11.8 Å². The molecule has 3 rings (SSSR count). The summed E-state index contributed by atoms with van der Waals surface area (Å²) in [7, 11) is 0. The van der Waals surface area contributed by atoms with Gasteiger partial charge in [0.25, 0.3) is 0 Å². The zero-order valence-corrected chi connectivity index (χ0v) is 21.1. The third kappa shape index (κ3) is 7.13. The van der Waals surface area contributed by atoms with Crippen molar-refractivity contribution >= 4 is 11.4 Å². The molecule has 0 fully saturated rings. The molecule has 9 heteroatoms. The maximum Gasteiger partial charge on any atom is 0.220 e. The monoisotopic (exact) mass is 469 g/mol. The van der Waals surface area contributed by atoms with Crippen LogP contribution in [0.3, 0.4) is 0 Å². The van der Waals surface area contributed by atoms with Crippen LogP contribution in [-0.4, -0.2) is 52.8 Å². The number of ether oxygens (including phenoxy) is 2. The first-order valence-corrected chi connectivity index (χ1v) is 11.8. The van der Waals surface area contributed by atoms with Crippen LogP contribution in [0.5, 0.6) is 11.8 Å². The fourth-order valence-electron chi connectivity index (χ4n) is 3.37. The Morgan fingerprint density at radius 1 is 0.971 bits per heavy atom. The van der Waals surface area contributed by atoms with Gasteiger partial charge in [-0.2, -0.15) is 9.97 Å². The van der Waals surface area contributed by atoms with E-state index < -0.39 is 0 Å². The van der Waals surface area contributed by atoms with Gasteiger partial charge in [-0.05, 0) is 58.6 Å². The summed E-state index contributed by atoms with van der Waals surface area (Å²) in [6.45, 7) is 13.4. The highest BCUT2D eigenvalue weighted by atomic mass is 16.6. The van der Waals surface area contributed by atoms with Gasteiger partial charge in [-0.15, -0.1) is 0 Å². The molecule has 0 saturated heterocycles. The van der Waals surface area contributed by atoms with Crippen molar-refractivity contribution < 1.29 is 19.1 Å². The number of nitrogens with zero attached hydrogens (tertiary/aromatic N) is 5. The zero-order valence-electron chi connectivity index (χ0n) is 21.1. The number of hydrogen-bond donors (Lipinski definition) is 0. The second-order valence-electron chi connectivity index (χ2n) is 8.97. The molecule has 2 heterocycles. The first-order valence-electron chi connectivity index (χ1n) is 11.8. The van der Waals surface area contributed by atoms with Crippen LogP contribution in [-0.2, 0) is 16.1 Å². The van der Waals surface area contributed by atoms with Crippen molar-refractivity contribution in [1.29, 1.82) is 0 Å². The first kappa shape index (κ1) is 25.4. The van der Waals surface area contributed by atoms with Gasteiger partial charge in [-0.3, -0.25) is 4.98 Å². The van der Waals surface area contributed by atoms with Crippen molar-refractivity contribution in [3.8, 4) is 11.8 Å².